The number of esters is 1. The number of rotatable bonds is 5. The van der Waals surface area contributed by atoms with Crippen molar-refractivity contribution in [2.45, 2.75) is 25.7 Å². The smallest absolute Gasteiger partial charge is 0.358 e. The van der Waals surface area contributed by atoms with E-state index in [9.17, 15) is 4.79 Å². The average Bonchev–Trinajstić information content (AvgIpc) is 2.52. The number of carbonyl (C=O) groups is 1. The molecule has 1 aliphatic carbocycles. The van der Waals surface area contributed by atoms with Gasteiger partial charge in [0, 0.05) is 0 Å². The van der Waals surface area contributed by atoms with Crippen LogP contribution < -0.4 is 10.5 Å². The maximum Gasteiger partial charge on any atom is 0.358 e. The molecule has 1 aliphatic rings. The van der Waals surface area contributed by atoms with Gasteiger partial charge in [0.2, 0.25) is 5.88 Å². The van der Waals surface area contributed by atoms with Gasteiger partial charge >= 0.3 is 5.97 Å². The van der Waals surface area contributed by atoms with Crippen molar-refractivity contribution >= 4 is 5.97 Å². The van der Waals surface area contributed by atoms with Gasteiger partial charge in [-0.25, -0.2) is 9.78 Å². The highest BCUT2D eigenvalue weighted by atomic mass is 16.5. The van der Waals surface area contributed by atoms with E-state index >= 15 is 0 Å². The second-order valence-electron chi connectivity index (χ2n) is 5.09. The number of aromatic nitrogens is 2. The lowest BCUT2D eigenvalue weighted by Gasteiger charge is -2.30. The molecule has 0 aliphatic heterocycles. The Kier molecular flexibility index (Phi) is 5.29. The molecule has 0 spiro atoms. The van der Waals surface area contributed by atoms with Crippen LogP contribution in [0.15, 0.2) is 12.4 Å². The molecule has 0 amide bonds. The zero-order valence-electron chi connectivity index (χ0n) is 11.7. The van der Waals surface area contributed by atoms with Gasteiger partial charge < -0.3 is 15.2 Å². The van der Waals surface area contributed by atoms with Crippen LogP contribution in [0.2, 0.25) is 0 Å². The Labute approximate surface area is 118 Å². The molecular weight excluding hydrogens is 258 g/mol. The first-order chi connectivity index (χ1) is 9.74. The molecule has 1 saturated carbocycles. The first-order valence-electron chi connectivity index (χ1n) is 6.97. The quantitative estimate of drug-likeness (QED) is 0.820. The van der Waals surface area contributed by atoms with Crippen LogP contribution in [0.1, 0.15) is 36.2 Å². The van der Waals surface area contributed by atoms with Crippen LogP contribution in [0.4, 0.5) is 0 Å². The molecular formula is C14H21N3O3. The summed E-state index contributed by atoms with van der Waals surface area (Å²) in [6, 6.07) is 0. The summed E-state index contributed by atoms with van der Waals surface area (Å²) >= 11 is 0. The minimum Gasteiger partial charge on any atom is -0.476 e. The Balaban J connectivity index is 1.94. The van der Waals surface area contributed by atoms with E-state index in [1.54, 1.807) is 0 Å². The van der Waals surface area contributed by atoms with Crippen molar-refractivity contribution in [1.82, 2.24) is 9.97 Å². The normalized spacial score (nSPS) is 22.3. The van der Waals surface area contributed by atoms with Crippen LogP contribution in [-0.4, -0.2) is 36.2 Å². The van der Waals surface area contributed by atoms with E-state index in [0.29, 0.717) is 30.9 Å². The zero-order valence-corrected chi connectivity index (χ0v) is 11.7. The average molecular weight is 279 g/mol. The highest BCUT2D eigenvalue weighted by molar-refractivity contribution is 5.86. The van der Waals surface area contributed by atoms with E-state index in [1.165, 1.54) is 38.8 Å². The van der Waals surface area contributed by atoms with Crippen LogP contribution >= 0.6 is 0 Å². The van der Waals surface area contributed by atoms with Gasteiger partial charge in [-0.05, 0) is 31.2 Å². The van der Waals surface area contributed by atoms with E-state index in [2.05, 4.69) is 14.7 Å². The van der Waals surface area contributed by atoms with Crippen molar-refractivity contribution in [2.75, 3.05) is 20.3 Å². The summed E-state index contributed by atoms with van der Waals surface area (Å²) < 4.78 is 10.3. The summed E-state index contributed by atoms with van der Waals surface area (Å²) in [4.78, 5) is 19.4. The van der Waals surface area contributed by atoms with E-state index in [4.69, 9.17) is 10.5 Å². The molecule has 2 atom stereocenters. The van der Waals surface area contributed by atoms with Crippen LogP contribution in [0.5, 0.6) is 5.88 Å². The molecule has 0 aromatic carbocycles. The Hall–Kier alpha value is -1.69. The standard InChI is InChI=1S/C14H21N3O3/c1-19-14(18)12-7-16-8-13(17-12)20-9-11-5-3-2-4-10(11)6-15/h7-8,10-11H,2-6,9,15H2,1H3. The lowest BCUT2D eigenvalue weighted by atomic mass is 9.80. The molecule has 1 fully saturated rings. The Morgan fingerprint density at radius 2 is 2.10 bits per heavy atom. The first kappa shape index (κ1) is 14.7. The van der Waals surface area contributed by atoms with Crippen LogP contribution in [0.25, 0.3) is 0 Å². The number of hydrogen-bond acceptors (Lipinski definition) is 6. The number of nitrogens with zero attached hydrogens (tertiary/aromatic N) is 2. The van der Waals surface area contributed by atoms with Gasteiger partial charge in [0.1, 0.15) is 0 Å². The van der Waals surface area contributed by atoms with Crippen molar-refractivity contribution in [1.29, 1.82) is 0 Å². The van der Waals surface area contributed by atoms with Crippen molar-refractivity contribution in [3.8, 4) is 5.88 Å². The molecule has 0 radical (unpaired) electrons. The van der Waals surface area contributed by atoms with Crippen molar-refractivity contribution in [2.24, 2.45) is 17.6 Å². The molecule has 1 aromatic rings. The zero-order chi connectivity index (χ0) is 14.4. The topological polar surface area (TPSA) is 87.3 Å². The highest BCUT2D eigenvalue weighted by Crippen LogP contribution is 2.29. The summed E-state index contributed by atoms with van der Waals surface area (Å²) in [7, 11) is 1.31. The molecule has 0 saturated heterocycles. The van der Waals surface area contributed by atoms with Gasteiger partial charge in [-0.2, -0.15) is 0 Å². The largest absolute Gasteiger partial charge is 0.476 e. The third kappa shape index (κ3) is 3.66. The number of carbonyl (C=O) groups excluding carboxylic acids is 1. The lowest BCUT2D eigenvalue weighted by Crippen LogP contribution is -2.30. The van der Waals surface area contributed by atoms with E-state index in [1.807, 2.05) is 0 Å². The van der Waals surface area contributed by atoms with Crippen LogP contribution in [0.3, 0.4) is 0 Å². The first-order valence-corrected chi connectivity index (χ1v) is 6.97. The monoisotopic (exact) mass is 279 g/mol. The molecule has 110 valence electrons. The van der Waals surface area contributed by atoms with E-state index < -0.39 is 5.97 Å². The van der Waals surface area contributed by atoms with Crippen LogP contribution in [-0.2, 0) is 4.74 Å². The highest BCUT2D eigenvalue weighted by Gasteiger charge is 2.24. The molecule has 2 rings (SSSR count). The fourth-order valence-electron chi connectivity index (χ4n) is 2.63. The minimum atomic E-state index is -0.513. The Morgan fingerprint density at radius 3 is 2.80 bits per heavy atom. The van der Waals surface area contributed by atoms with Gasteiger partial charge in [0.05, 0.1) is 26.1 Å². The summed E-state index contributed by atoms with van der Waals surface area (Å²) in [6.45, 7) is 1.27. The predicted octanol–water partition coefficient (Wildman–Crippen LogP) is 1.41. The van der Waals surface area contributed by atoms with Gasteiger partial charge in [-0.3, -0.25) is 4.98 Å². The van der Waals surface area contributed by atoms with Crippen molar-refractivity contribution in [3.05, 3.63) is 18.1 Å². The van der Waals surface area contributed by atoms with Gasteiger partial charge in [-0.1, -0.05) is 12.8 Å². The second kappa shape index (κ2) is 7.19. The Bertz CT molecular complexity index is 453. The fourth-order valence-corrected chi connectivity index (χ4v) is 2.63. The molecule has 2 N–H and O–H groups in total. The molecule has 1 aromatic heterocycles. The summed E-state index contributed by atoms with van der Waals surface area (Å²) in [5, 5.41) is 0. The number of ether oxygens (including phenoxy) is 2. The van der Waals surface area contributed by atoms with Crippen molar-refractivity contribution < 1.29 is 14.3 Å². The SMILES string of the molecule is COC(=O)c1cncc(OCC2CCCCC2CN)n1. The molecule has 2 unspecified atom stereocenters. The summed E-state index contributed by atoms with van der Waals surface area (Å²) in [5.41, 5.74) is 5.96. The molecule has 0 bridgehead atoms. The van der Waals surface area contributed by atoms with Crippen LogP contribution in [0, 0.1) is 11.8 Å². The third-order valence-corrected chi connectivity index (χ3v) is 3.82. The maximum absolute atomic E-state index is 11.4. The molecule has 6 nitrogen and oxygen atoms in total. The fraction of sp³-hybridized carbons (Fsp3) is 0.643. The van der Waals surface area contributed by atoms with Gasteiger partial charge in [0.25, 0.3) is 0 Å². The Morgan fingerprint density at radius 1 is 1.35 bits per heavy atom. The lowest BCUT2D eigenvalue weighted by molar-refractivity contribution is 0.0591. The summed E-state index contributed by atoms with van der Waals surface area (Å²) in [5.74, 6) is 0.813. The second-order valence-corrected chi connectivity index (χ2v) is 5.09. The van der Waals surface area contributed by atoms with E-state index in [-0.39, 0.29) is 5.69 Å². The van der Waals surface area contributed by atoms with Gasteiger partial charge in [0.15, 0.2) is 5.69 Å². The summed E-state index contributed by atoms with van der Waals surface area (Å²) in [6.07, 6.45) is 7.63. The van der Waals surface area contributed by atoms with Crippen molar-refractivity contribution in [3.63, 3.8) is 0 Å². The van der Waals surface area contributed by atoms with E-state index in [0.717, 1.165) is 6.42 Å². The van der Waals surface area contributed by atoms with Gasteiger partial charge in [-0.15, -0.1) is 0 Å². The molecule has 1 heterocycles. The maximum atomic E-state index is 11.4. The molecule has 20 heavy (non-hydrogen) atoms. The number of hydrogen-bond donors (Lipinski definition) is 1. The number of methoxy groups -OCH3 is 1. The molecule has 6 heteroatoms. The number of nitrogens with two attached hydrogens (primary N) is 1. The minimum absolute atomic E-state index is 0.156. The predicted molar refractivity (Wildman–Crippen MR) is 73.4 cm³/mol. The third-order valence-electron chi connectivity index (χ3n) is 3.82.